The minimum atomic E-state index is -0.793. The minimum absolute atomic E-state index is 0.388. The summed E-state index contributed by atoms with van der Waals surface area (Å²) in [6, 6.07) is 3.88. The summed E-state index contributed by atoms with van der Waals surface area (Å²) in [6.45, 7) is 3.99. The zero-order valence-corrected chi connectivity index (χ0v) is 11.0. The first-order valence-electron chi connectivity index (χ1n) is 6.60. The number of nitrogens with one attached hydrogen (secondary N) is 1. The summed E-state index contributed by atoms with van der Waals surface area (Å²) in [4.78, 5) is 13.7. The molecule has 3 nitrogen and oxygen atoms in total. The van der Waals surface area contributed by atoms with Crippen molar-refractivity contribution in [3.8, 4) is 0 Å². The van der Waals surface area contributed by atoms with Crippen LogP contribution in [0, 0.1) is 11.6 Å². The maximum Gasteiger partial charge on any atom is 0.259 e. The normalized spacial score (nSPS) is 16.7. The Morgan fingerprint density at radius 3 is 2.42 bits per heavy atom. The third-order valence-corrected chi connectivity index (χ3v) is 3.45. The van der Waals surface area contributed by atoms with Gasteiger partial charge in [0.15, 0.2) is 0 Å². The molecule has 1 amide bonds. The summed E-state index contributed by atoms with van der Waals surface area (Å²) < 4.78 is 27.1. The Hall–Kier alpha value is -1.49. The smallest absolute Gasteiger partial charge is 0.259 e. The second-order valence-electron chi connectivity index (χ2n) is 4.72. The summed E-state index contributed by atoms with van der Waals surface area (Å²) in [5, 5.41) is 3.32. The number of benzene rings is 1. The SMILES string of the molecule is CCNC1CCN(C(=O)c2c(F)cccc2F)CC1. The quantitative estimate of drug-likeness (QED) is 0.911. The van der Waals surface area contributed by atoms with Crippen LogP contribution in [0.25, 0.3) is 0 Å². The van der Waals surface area contributed by atoms with E-state index in [4.69, 9.17) is 0 Å². The van der Waals surface area contributed by atoms with Gasteiger partial charge in [0.25, 0.3) is 5.91 Å². The lowest BCUT2D eigenvalue weighted by Gasteiger charge is -2.32. The third kappa shape index (κ3) is 3.10. The van der Waals surface area contributed by atoms with Gasteiger partial charge in [-0.1, -0.05) is 13.0 Å². The van der Waals surface area contributed by atoms with Gasteiger partial charge >= 0.3 is 0 Å². The van der Waals surface area contributed by atoms with E-state index in [0.29, 0.717) is 19.1 Å². The number of carbonyl (C=O) groups is 1. The molecule has 1 saturated heterocycles. The summed E-state index contributed by atoms with van der Waals surface area (Å²) in [5.41, 5.74) is -0.440. The van der Waals surface area contributed by atoms with Crippen LogP contribution in [0.15, 0.2) is 18.2 Å². The molecule has 2 rings (SSSR count). The van der Waals surface area contributed by atoms with Gasteiger partial charge in [0, 0.05) is 19.1 Å². The molecule has 0 saturated carbocycles. The van der Waals surface area contributed by atoms with Gasteiger partial charge in [-0.05, 0) is 31.5 Å². The zero-order chi connectivity index (χ0) is 13.8. The summed E-state index contributed by atoms with van der Waals surface area (Å²) in [6.07, 6.45) is 1.63. The monoisotopic (exact) mass is 268 g/mol. The standard InChI is InChI=1S/C14H18F2N2O/c1-2-17-10-6-8-18(9-7-10)14(19)13-11(15)4-3-5-12(13)16/h3-5,10,17H,2,6-9H2,1H3. The second kappa shape index (κ2) is 6.10. The van der Waals surface area contributed by atoms with Gasteiger partial charge in [-0.25, -0.2) is 8.78 Å². The summed E-state index contributed by atoms with van der Waals surface area (Å²) in [5.74, 6) is -2.14. The first kappa shape index (κ1) is 13.9. The van der Waals surface area contributed by atoms with E-state index in [-0.39, 0.29) is 0 Å². The number of piperidine rings is 1. The molecule has 0 radical (unpaired) electrons. The third-order valence-electron chi connectivity index (χ3n) is 3.45. The van der Waals surface area contributed by atoms with Gasteiger partial charge in [0.05, 0.1) is 0 Å². The number of rotatable bonds is 3. The molecule has 0 atom stereocenters. The predicted octanol–water partition coefficient (Wildman–Crippen LogP) is 2.18. The van der Waals surface area contributed by atoms with Crippen molar-refractivity contribution in [1.29, 1.82) is 0 Å². The van der Waals surface area contributed by atoms with Gasteiger partial charge in [0.2, 0.25) is 0 Å². The lowest BCUT2D eigenvalue weighted by molar-refractivity contribution is 0.0696. The number of likely N-dealkylation sites (tertiary alicyclic amines) is 1. The molecule has 1 aromatic carbocycles. The number of hydrogen-bond acceptors (Lipinski definition) is 2. The Bertz CT molecular complexity index is 437. The van der Waals surface area contributed by atoms with Crippen LogP contribution in [0.2, 0.25) is 0 Å². The molecule has 1 fully saturated rings. The first-order chi connectivity index (χ1) is 9.13. The highest BCUT2D eigenvalue weighted by atomic mass is 19.1. The van der Waals surface area contributed by atoms with Crippen molar-refractivity contribution in [3.63, 3.8) is 0 Å². The average Bonchev–Trinajstić information content (AvgIpc) is 2.39. The van der Waals surface area contributed by atoms with Crippen LogP contribution in [0.1, 0.15) is 30.1 Å². The van der Waals surface area contributed by atoms with Crippen LogP contribution >= 0.6 is 0 Å². The van der Waals surface area contributed by atoms with Crippen molar-refractivity contribution in [3.05, 3.63) is 35.4 Å². The second-order valence-corrected chi connectivity index (χ2v) is 4.72. The van der Waals surface area contributed by atoms with E-state index in [2.05, 4.69) is 5.32 Å². The summed E-state index contributed by atoms with van der Waals surface area (Å²) in [7, 11) is 0. The molecule has 5 heteroatoms. The summed E-state index contributed by atoms with van der Waals surface area (Å²) >= 11 is 0. The van der Waals surface area contributed by atoms with E-state index in [1.807, 2.05) is 6.92 Å². The van der Waals surface area contributed by atoms with Crippen LogP contribution < -0.4 is 5.32 Å². The van der Waals surface area contributed by atoms with Crippen molar-refractivity contribution in [2.75, 3.05) is 19.6 Å². The van der Waals surface area contributed by atoms with Crippen molar-refractivity contribution < 1.29 is 13.6 Å². The molecular weight excluding hydrogens is 250 g/mol. The maximum atomic E-state index is 13.6. The fraction of sp³-hybridized carbons (Fsp3) is 0.500. The van der Waals surface area contributed by atoms with Crippen LogP contribution in [-0.4, -0.2) is 36.5 Å². The van der Waals surface area contributed by atoms with E-state index in [1.54, 1.807) is 0 Å². The van der Waals surface area contributed by atoms with Crippen LogP contribution in [-0.2, 0) is 0 Å². The molecule has 1 aromatic rings. The van der Waals surface area contributed by atoms with Crippen LogP contribution in [0.4, 0.5) is 8.78 Å². The highest BCUT2D eigenvalue weighted by molar-refractivity contribution is 5.94. The van der Waals surface area contributed by atoms with E-state index in [1.165, 1.54) is 11.0 Å². The number of hydrogen-bond donors (Lipinski definition) is 1. The highest BCUT2D eigenvalue weighted by Gasteiger charge is 2.26. The maximum absolute atomic E-state index is 13.6. The van der Waals surface area contributed by atoms with E-state index >= 15 is 0 Å². The Labute approximate surface area is 111 Å². The topological polar surface area (TPSA) is 32.3 Å². The van der Waals surface area contributed by atoms with Crippen molar-refractivity contribution in [1.82, 2.24) is 10.2 Å². The first-order valence-corrected chi connectivity index (χ1v) is 6.60. The highest BCUT2D eigenvalue weighted by Crippen LogP contribution is 2.18. The lowest BCUT2D eigenvalue weighted by atomic mass is 10.0. The fourth-order valence-corrected chi connectivity index (χ4v) is 2.44. The van der Waals surface area contributed by atoms with Crippen molar-refractivity contribution >= 4 is 5.91 Å². The van der Waals surface area contributed by atoms with E-state index in [0.717, 1.165) is 31.5 Å². The van der Waals surface area contributed by atoms with Crippen LogP contribution in [0.3, 0.4) is 0 Å². The van der Waals surface area contributed by atoms with Gasteiger partial charge in [-0.15, -0.1) is 0 Å². The molecule has 0 unspecified atom stereocenters. The molecule has 1 N–H and O–H groups in total. The molecule has 0 bridgehead atoms. The van der Waals surface area contributed by atoms with Gasteiger partial charge in [-0.3, -0.25) is 4.79 Å². The molecule has 0 aromatic heterocycles. The molecular formula is C14H18F2N2O. The van der Waals surface area contributed by atoms with Crippen LogP contribution in [0.5, 0.6) is 0 Å². The van der Waals surface area contributed by atoms with E-state index in [9.17, 15) is 13.6 Å². The van der Waals surface area contributed by atoms with Gasteiger partial charge < -0.3 is 10.2 Å². The zero-order valence-electron chi connectivity index (χ0n) is 11.0. The van der Waals surface area contributed by atoms with E-state index < -0.39 is 23.1 Å². The largest absolute Gasteiger partial charge is 0.338 e. The number of halogens is 2. The molecule has 104 valence electrons. The Kier molecular flexibility index (Phi) is 4.47. The predicted molar refractivity (Wildman–Crippen MR) is 69.0 cm³/mol. The molecule has 1 heterocycles. The Balaban J connectivity index is 2.05. The Morgan fingerprint density at radius 2 is 1.89 bits per heavy atom. The Morgan fingerprint density at radius 1 is 1.32 bits per heavy atom. The molecule has 1 aliphatic rings. The number of amides is 1. The lowest BCUT2D eigenvalue weighted by Crippen LogP contribution is -2.45. The number of carbonyl (C=O) groups excluding carboxylic acids is 1. The minimum Gasteiger partial charge on any atom is -0.338 e. The van der Waals surface area contributed by atoms with Crippen molar-refractivity contribution in [2.24, 2.45) is 0 Å². The van der Waals surface area contributed by atoms with Gasteiger partial charge in [0.1, 0.15) is 17.2 Å². The molecule has 0 spiro atoms. The van der Waals surface area contributed by atoms with Crippen molar-refractivity contribution in [2.45, 2.75) is 25.8 Å². The average molecular weight is 268 g/mol. The molecule has 19 heavy (non-hydrogen) atoms. The fourth-order valence-electron chi connectivity index (χ4n) is 2.44. The van der Waals surface area contributed by atoms with Gasteiger partial charge in [-0.2, -0.15) is 0 Å². The molecule has 1 aliphatic heterocycles. The molecule has 0 aliphatic carbocycles. The number of nitrogens with zero attached hydrogens (tertiary/aromatic N) is 1.